The molecule has 96 valence electrons. The lowest BCUT2D eigenvalue weighted by atomic mass is 9.95. The molecule has 0 radical (unpaired) electrons. The van der Waals surface area contributed by atoms with Crippen molar-refractivity contribution in [1.82, 2.24) is 10.3 Å². The molecule has 2 rings (SSSR count). The van der Waals surface area contributed by atoms with Gasteiger partial charge in [0.05, 0.1) is 10.7 Å². The Labute approximate surface area is 113 Å². The summed E-state index contributed by atoms with van der Waals surface area (Å²) >= 11 is 3.86. The van der Waals surface area contributed by atoms with Crippen LogP contribution in [-0.4, -0.2) is 22.5 Å². The van der Waals surface area contributed by atoms with E-state index in [4.69, 9.17) is 0 Å². The number of rotatable bonds is 4. The van der Waals surface area contributed by atoms with Crippen LogP contribution in [0.4, 0.5) is 0 Å². The van der Waals surface area contributed by atoms with Gasteiger partial charge < -0.3 is 5.32 Å². The van der Waals surface area contributed by atoms with Gasteiger partial charge in [-0.3, -0.25) is 0 Å². The minimum atomic E-state index is 0.722. The van der Waals surface area contributed by atoms with E-state index in [1.165, 1.54) is 41.3 Å². The third-order valence-electron chi connectivity index (χ3n) is 3.56. The molecule has 1 aliphatic carbocycles. The van der Waals surface area contributed by atoms with Crippen LogP contribution in [0.5, 0.6) is 0 Å². The highest BCUT2D eigenvalue weighted by Gasteiger charge is 2.20. The van der Waals surface area contributed by atoms with Crippen molar-refractivity contribution in [3.05, 3.63) is 15.6 Å². The van der Waals surface area contributed by atoms with Crippen LogP contribution in [-0.2, 0) is 6.54 Å². The summed E-state index contributed by atoms with van der Waals surface area (Å²) in [5.41, 5.74) is 1.21. The number of hydrogen-bond donors (Lipinski definition) is 1. The number of nitrogens with one attached hydrogen (secondary N) is 1. The van der Waals surface area contributed by atoms with E-state index >= 15 is 0 Å². The highest BCUT2D eigenvalue weighted by Crippen LogP contribution is 2.27. The topological polar surface area (TPSA) is 24.9 Å². The van der Waals surface area contributed by atoms with Crippen LogP contribution in [0.1, 0.15) is 41.3 Å². The molecule has 0 saturated heterocycles. The first-order chi connectivity index (χ1) is 8.19. The van der Waals surface area contributed by atoms with E-state index in [1.807, 2.05) is 23.1 Å². The van der Waals surface area contributed by atoms with Gasteiger partial charge in [-0.15, -0.1) is 11.3 Å². The van der Waals surface area contributed by atoms with Gasteiger partial charge >= 0.3 is 0 Å². The SMILES string of the molecule is CSC1CCC(NCc2sc(C)nc2C)CC1. The van der Waals surface area contributed by atoms with Crippen LogP contribution in [0.25, 0.3) is 0 Å². The van der Waals surface area contributed by atoms with Gasteiger partial charge in [0.2, 0.25) is 0 Å². The van der Waals surface area contributed by atoms with Crippen molar-refractivity contribution in [1.29, 1.82) is 0 Å². The van der Waals surface area contributed by atoms with E-state index in [-0.39, 0.29) is 0 Å². The Morgan fingerprint density at radius 1 is 1.29 bits per heavy atom. The third-order valence-corrected chi connectivity index (χ3v) is 5.77. The van der Waals surface area contributed by atoms with Crippen molar-refractivity contribution in [2.75, 3.05) is 6.26 Å². The molecule has 2 nitrogen and oxygen atoms in total. The summed E-state index contributed by atoms with van der Waals surface area (Å²) in [6.07, 6.45) is 7.66. The van der Waals surface area contributed by atoms with Gasteiger partial charge in [-0.25, -0.2) is 4.98 Å². The van der Waals surface area contributed by atoms with Crippen LogP contribution >= 0.6 is 23.1 Å². The minimum Gasteiger partial charge on any atom is -0.309 e. The predicted octanol–water partition coefficient (Wildman–Crippen LogP) is 3.52. The second kappa shape index (κ2) is 6.21. The second-order valence-electron chi connectivity index (χ2n) is 4.83. The maximum absolute atomic E-state index is 4.48. The van der Waals surface area contributed by atoms with Gasteiger partial charge in [0.15, 0.2) is 0 Å². The predicted molar refractivity (Wildman–Crippen MR) is 78.0 cm³/mol. The van der Waals surface area contributed by atoms with Crippen molar-refractivity contribution in [3.63, 3.8) is 0 Å². The fourth-order valence-electron chi connectivity index (χ4n) is 2.48. The van der Waals surface area contributed by atoms with E-state index < -0.39 is 0 Å². The number of aromatic nitrogens is 1. The molecule has 1 heterocycles. The van der Waals surface area contributed by atoms with Crippen molar-refractivity contribution < 1.29 is 0 Å². The van der Waals surface area contributed by atoms with Gasteiger partial charge in [0, 0.05) is 22.7 Å². The number of nitrogens with zero attached hydrogens (tertiary/aromatic N) is 1. The van der Waals surface area contributed by atoms with Gasteiger partial charge in [-0.1, -0.05) is 0 Å². The molecule has 0 aromatic carbocycles. The average molecular weight is 270 g/mol. The van der Waals surface area contributed by atoms with Crippen LogP contribution in [0.2, 0.25) is 0 Å². The molecule has 1 aromatic heterocycles. The Hall–Kier alpha value is -0.0600. The van der Waals surface area contributed by atoms with Crippen molar-refractivity contribution in [2.45, 2.75) is 57.4 Å². The lowest BCUT2D eigenvalue weighted by molar-refractivity contribution is 0.379. The molecule has 1 saturated carbocycles. The first-order valence-electron chi connectivity index (χ1n) is 6.38. The summed E-state index contributed by atoms with van der Waals surface area (Å²) in [6, 6.07) is 0.722. The van der Waals surface area contributed by atoms with E-state index in [9.17, 15) is 0 Å². The largest absolute Gasteiger partial charge is 0.309 e. The fourth-order valence-corrected chi connectivity index (χ4v) is 4.11. The van der Waals surface area contributed by atoms with Crippen molar-refractivity contribution >= 4 is 23.1 Å². The smallest absolute Gasteiger partial charge is 0.0900 e. The lowest BCUT2D eigenvalue weighted by Gasteiger charge is -2.28. The van der Waals surface area contributed by atoms with Crippen molar-refractivity contribution in [3.8, 4) is 0 Å². The first-order valence-corrected chi connectivity index (χ1v) is 8.48. The van der Waals surface area contributed by atoms with Gasteiger partial charge in [-0.05, 0) is 45.8 Å². The molecule has 0 amide bonds. The summed E-state index contributed by atoms with van der Waals surface area (Å²) in [4.78, 5) is 5.89. The number of hydrogen-bond acceptors (Lipinski definition) is 4. The molecule has 17 heavy (non-hydrogen) atoms. The molecule has 1 aliphatic rings. The summed E-state index contributed by atoms with van der Waals surface area (Å²) < 4.78 is 0. The molecule has 1 N–H and O–H groups in total. The standard InChI is InChI=1S/C13H22N2S2/c1-9-13(17-10(2)15-9)8-14-11-4-6-12(16-3)7-5-11/h11-12,14H,4-8H2,1-3H3. The zero-order valence-electron chi connectivity index (χ0n) is 11.0. The van der Waals surface area contributed by atoms with E-state index in [0.29, 0.717) is 0 Å². The monoisotopic (exact) mass is 270 g/mol. The van der Waals surface area contributed by atoms with Crippen LogP contribution in [0.15, 0.2) is 0 Å². The lowest BCUT2D eigenvalue weighted by Crippen LogP contribution is -2.33. The second-order valence-corrected chi connectivity index (χ2v) is 7.26. The Kier molecular flexibility index (Phi) is 4.88. The van der Waals surface area contributed by atoms with Crippen LogP contribution in [0.3, 0.4) is 0 Å². The minimum absolute atomic E-state index is 0.722. The molecule has 0 bridgehead atoms. The summed E-state index contributed by atoms with van der Waals surface area (Å²) in [5.74, 6) is 0. The van der Waals surface area contributed by atoms with E-state index in [2.05, 4.69) is 30.4 Å². The fraction of sp³-hybridized carbons (Fsp3) is 0.769. The summed E-state index contributed by atoms with van der Waals surface area (Å²) in [6.45, 7) is 5.21. The zero-order valence-corrected chi connectivity index (χ0v) is 12.6. The third kappa shape index (κ3) is 3.70. The summed E-state index contributed by atoms with van der Waals surface area (Å²) in [7, 11) is 0. The molecule has 0 aliphatic heterocycles. The molecular weight excluding hydrogens is 248 g/mol. The number of aryl methyl sites for hydroxylation is 2. The van der Waals surface area contributed by atoms with Crippen LogP contribution in [0, 0.1) is 13.8 Å². The zero-order chi connectivity index (χ0) is 12.3. The normalized spacial score (nSPS) is 25.1. The Balaban J connectivity index is 1.77. The molecule has 0 atom stereocenters. The Bertz CT molecular complexity index is 354. The van der Waals surface area contributed by atoms with Crippen LogP contribution < -0.4 is 5.32 Å². The number of thioether (sulfide) groups is 1. The van der Waals surface area contributed by atoms with Gasteiger partial charge in [-0.2, -0.15) is 11.8 Å². The molecule has 0 spiro atoms. The average Bonchev–Trinajstić information content (AvgIpc) is 2.66. The number of thiazole rings is 1. The first kappa shape index (κ1) is 13.4. The van der Waals surface area contributed by atoms with Crippen molar-refractivity contribution in [2.24, 2.45) is 0 Å². The molecule has 0 unspecified atom stereocenters. The molecule has 1 fully saturated rings. The van der Waals surface area contributed by atoms with E-state index in [0.717, 1.165) is 17.8 Å². The molecular formula is C13H22N2S2. The van der Waals surface area contributed by atoms with Gasteiger partial charge in [0.25, 0.3) is 0 Å². The highest BCUT2D eigenvalue weighted by atomic mass is 32.2. The maximum Gasteiger partial charge on any atom is 0.0900 e. The van der Waals surface area contributed by atoms with E-state index in [1.54, 1.807) is 0 Å². The summed E-state index contributed by atoms with van der Waals surface area (Å²) in [5, 5.41) is 5.79. The Morgan fingerprint density at radius 2 is 2.00 bits per heavy atom. The maximum atomic E-state index is 4.48. The Morgan fingerprint density at radius 3 is 2.53 bits per heavy atom. The highest BCUT2D eigenvalue weighted by molar-refractivity contribution is 7.99. The van der Waals surface area contributed by atoms with Gasteiger partial charge in [0.1, 0.15) is 0 Å². The molecule has 1 aromatic rings. The quantitative estimate of drug-likeness (QED) is 0.906. The molecule has 4 heteroatoms.